The van der Waals surface area contributed by atoms with Crippen LogP contribution in [0.2, 0.25) is 0 Å². The van der Waals surface area contributed by atoms with Crippen molar-refractivity contribution in [3.63, 3.8) is 0 Å². The summed E-state index contributed by atoms with van der Waals surface area (Å²) in [4.78, 5) is 11.6. The highest BCUT2D eigenvalue weighted by atomic mass is 16.1. The van der Waals surface area contributed by atoms with Crippen molar-refractivity contribution in [3.05, 3.63) is 0 Å². The molecule has 1 aliphatic carbocycles. The fourth-order valence-corrected chi connectivity index (χ4v) is 2.71. The van der Waals surface area contributed by atoms with Crippen LogP contribution in [0.3, 0.4) is 0 Å². The normalized spacial score (nSPS) is 18.1. The minimum Gasteiger partial charge on any atom is -0.356 e. The first-order chi connectivity index (χ1) is 8.06. The average Bonchev–Trinajstić information content (AvgIpc) is 2.35. The van der Waals surface area contributed by atoms with Crippen molar-refractivity contribution in [1.29, 1.82) is 0 Å². The number of nitrogens with two attached hydrogens (primary N) is 1. The minimum atomic E-state index is 0.152. The molecular weight excluding hydrogens is 212 g/mol. The van der Waals surface area contributed by atoms with Gasteiger partial charge in [-0.1, -0.05) is 33.1 Å². The van der Waals surface area contributed by atoms with E-state index in [0.717, 1.165) is 18.9 Å². The number of rotatable bonds is 6. The van der Waals surface area contributed by atoms with E-state index in [1.54, 1.807) is 0 Å². The van der Waals surface area contributed by atoms with Crippen LogP contribution in [0.15, 0.2) is 0 Å². The molecule has 0 unspecified atom stereocenters. The number of carbonyl (C=O) groups is 1. The molecule has 100 valence electrons. The molecule has 1 rings (SSSR count). The van der Waals surface area contributed by atoms with Gasteiger partial charge in [0.25, 0.3) is 0 Å². The summed E-state index contributed by atoms with van der Waals surface area (Å²) in [5.74, 6) is 0.922. The molecule has 0 aromatic carbocycles. The van der Waals surface area contributed by atoms with E-state index >= 15 is 0 Å². The highest BCUT2D eigenvalue weighted by Gasteiger charge is 2.30. The van der Waals surface area contributed by atoms with Crippen LogP contribution in [0.1, 0.15) is 58.8 Å². The van der Waals surface area contributed by atoms with E-state index in [0.29, 0.717) is 13.0 Å². The molecular formula is C14H28N2O. The van der Waals surface area contributed by atoms with Crippen molar-refractivity contribution in [3.8, 4) is 0 Å². The maximum Gasteiger partial charge on any atom is 0.220 e. The van der Waals surface area contributed by atoms with Gasteiger partial charge in [0, 0.05) is 13.0 Å². The molecule has 0 aromatic rings. The summed E-state index contributed by atoms with van der Waals surface area (Å²) in [5.41, 5.74) is 5.63. The first-order valence-corrected chi connectivity index (χ1v) is 7.03. The Morgan fingerprint density at radius 2 is 1.94 bits per heavy atom. The van der Waals surface area contributed by atoms with Crippen LogP contribution in [0.4, 0.5) is 0 Å². The van der Waals surface area contributed by atoms with Gasteiger partial charge >= 0.3 is 0 Å². The Balaban J connectivity index is 2.29. The third-order valence-corrected chi connectivity index (χ3v) is 4.06. The zero-order valence-electron chi connectivity index (χ0n) is 11.4. The second-order valence-electron chi connectivity index (χ2n) is 5.99. The number of carbonyl (C=O) groups excluding carboxylic acids is 1. The molecule has 1 amide bonds. The highest BCUT2D eigenvalue weighted by molar-refractivity contribution is 5.75. The smallest absolute Gasteiger partial charge is 0.220 e. The van der Waals surface area contributed by atoms with Gasteiger partial charge in [-0.25, -0.2) is 0 Å². The van der Waals surface area contributed by atoms with Gasteiger partial charge in [0.2, 0.25) is 5.91 Å². The molecule has 0 heterocycles. The van der Waals surface area contributed by atoms with E-state index in [-0.39, 0.29) is 11.3 Å². The van der Waals surface area contributed by atoms with E-state index in [1.165, 1.54) is 32.1 Å². The van der Waals surface area contributed by atoms with E-state index in [9.17, 15) is 4.79 Å². The average molecular weight is 240 g/mol. The molecule has 0 spiro atoms. The van der Waals surface area contributed by atoms with E-state index in [2.05, 4.69) is 19.2 Å². The van der Waals surface area contributed by atoms with Gasteiger partial charge in [0.1, 0.15) is 0 Å². The minimum absolute atomic E-state index is 0.152. The first kappa shape index (κ1) is 14.5. The van der Waals surface area contributed by atoms with Crippen LogP contribution in [0.25, 0.3) is 0 Å². The molecule has 0 radical (unpaired) electrons. The van der Waals surface area contributed by atoms with Crippen molar-refractivity contribution in [2.45, 2.75) is 58.8 Å². The quantitative estimate of drug-likeness (QED) is 0.749. The van der Waals surface area contributed by atoms with Crippen LogP contribution in [0, 0.1) is 11.3 Å². The topological polar surface area (TPSA) is 55.1 Å². The Hall–Kier alpha value is -0.570. The number of hydrogen-bond acceptors (Lipinski definition) is 2. The molecule has 0 bridgehead atoms. The number of amides is 1. The molecule has 3 nitrogen and oxygen atoms in total. The maximum absolute atomic E-state index is 11.6. The van der Waals surface area contributed by atoms with Crippen molar-refractivity contribution in [1.82, 2.24) is 5.32 Å². The summed E-state index contributed by atoms with van der Waals surface area (Å²) in [6.07, 6.45) is 8.10. The third-order valence-electron chi connectivity index (χ3n) is 4.06. The molecule has 3 heteroatoms. The van der Waals surface area contributed by atoms with Crippen LogP contribution < -0.4 is 11.1 Å². The highest BCUT2D eigenvalue weighted by Crippen LogP contribution is 2.37. The van der Waals surface area contributed by atoms with E-state index in [1.807, 2.05) is 0 Å². The standard InChI is InChI=1S/C14H28N2O/c1-14(2,12-7-4-3-5-8-12)11-16-13(17)9-6-10-15/h12H,3-11,15H2,1-2H3,(H,16,17). The Kier molecular flexibility index (Phi) is 5.96. The zero-order valence-corrected chi connectivity index (χ0v) is 11.4. The van der Waals surface area contributed by atoms with Crippen LogP contribution in [-0.4, -0.2) is 19.0 Å². The Labute approximate surface area is 106 Å². The van der Waals surface area contributed by atoms with Gasteiger partial charge in [-0.3, -0.25) is 4.79 Å². The van der Waals surface area contributed by atoms with Crippen LogP contribution in [-0.2, 0) is 4.79 Å². The zero-order chi connectivity index (χ0) is 12.7. The lowest BCUT2D eigenvalue weighted by molar-refractivity contribution is -0.121. The molecule has 1 aliphatic rings. The molecule has 3 N–H and O–H groups in total. The number of hydrogen-bond donors (Lipinski definition) is 2. The largest absolute Gasteiger partial charge is 0.356 e. The monoisotopic (exact) mass is 240 g/mol. The van der Waals surface area contributed by atoms with Crippen molar-refractivity contribution >= 4 is 5.91 Å². The fourth-order valence-electron chi connectivity index (χ4n) is 2.71. The summed E-state index contributed by atoms with van der Waals surface area (Å²) >= 11 is 0. The summed E-state index contributed by atoms with van der Waals surface area (Å²) < 4.78 is 0. The summed E-state index contributed by atoms with van der Waals surface area (Å²) in [6.45, 7) is 5.97. The Bertz CT molecular complexity index is 232. The molecule has 0 atom stereocenters. The second-order valence-corrected chi connectivity index (χ2v) is 5.99. The SMILES string of the molecule is CC(C)(CNC(=O)CCCN)C1CCCCC1. The summed E-state index contributed by atoms with van der Waals surface area (Å²) in [6, 6.07) is 0. The molecule has 0 aromatic heterocycles. The van der Waals surface area contributed by atoms with Gasteiger partial charge in [0.15, 0.2) is 0 Å². The molecule has 1 fully saturated rings. The van der Waals surface area contributed by atoms with Crippen LogP contribution in [0.5, 0.6) is 0 Å². The summed E-state index contributed by atoms with van der Waals surface area (Å²) in [7, 11) is 0. The van der Waals surface area contributed by atoms with Crippen molar-refractivity contribution in [2.24, 2.45) is 17.1 Å². The van der Waals surface area contributed by atoms with E-state index < -0.39 is 0 Å². The van der Waals surface area contributed by atoms with Gasteiger partial charge in [-0.15, -0.1) is 0 Å². The Morgan fingerprint density at radius 1 is 1.29 bits per heavy atom. The van der Waals surface area contributed by atoms with Gasteiger partial charge in [-0.05, 0) is 37.1 Å². The third kappa shape index (κ3) is 5.07. The maximum atomic E-state index is 11.6. The fraction of sp³-hybridized carbons (Fsp3) is 0.929. The van der Waals surface area contributed by atoms with Crippen molar-refractivity contribution in [2.75, 3.05) is 13.1 Å². The molecule has 17 heavy (non-hydrogen) atoms. The van der Waals surface area contributed by atoms with Crippen LogP contribution >= 0.6 is 0 Å². The second kappa shape index (κ2) is 7.00. The lowest BCUT2D eigenvalue weighted by atomic mass is 9.71. The Morgan fingerprint density at radius 3 is 2.53 bits per heavy atom. The molecule has 0 saturated heterocycles. The number of nitrogens with one attached hydrogen (secondary N) is 1. The molecule has 0 aliphatic heterocycles. The lowest BCUT2D eigenvalue weighted by Crippen LogP contribution is -2.39. The van der Waals surface area contributed by atoms with Crippen molar-refractivity contribution < 1.29 is 4.79 Å². The lowest BCUT2D eigenvalue weighted by Gasteiger charge is -2.37. The van der Waals surface area contributed by atoms with Gasteiger partial charge < -0.3 is 11.1 Å². The van der Waals surface area contributed by atoms with Gasteiger partial charge in [0.05, 0.1) is 0 Å². The summed E-state index contributed by atoms with van der Waals surface area (Å²) in [5, 5.41) is 3.06. The first-order valence-electron chi connectivity index (χ1n) is 7.03. The molecule has 1 saturated carbocycles. The van der Waals surface area contributed by atoms with Gasteiger partial charge in [-0.2, -0.15) is 0 Å². The predicted octanol–water partition coefficient (Wildman–Crippen LogP) is 2.45. The predicted molar refractivity (Wildman–Crippen MR) is 71.7 cm³/mol. The van der Waals surface area contributed by atoms with E-state index in [4.69, 9.17) is 5.73 Å².